The van der Waals surface area contributed by atoms with E-state index < -0.39 is 24.7 Å². The summed E-state index contributed by atoms with van der Waals surface area (Å²) in [5, 5.41) is 4.69. The third kappa shape index (κ3) is 5.92. The Bertz CT molecular complexity index is 443. The SMILES string of the molecule is CC(CC(F)(F)F)NC(=O)Nc1ccc(C(C)N)cc1. The highest BCUT2D eigenvalue weighted by Crippen LogP contribution is 2.21. The molecule has 2 atom stereocenters. The lowest BCUT2D eigenvalue weighted by atomic mass is 10.1. The number of alkyl halides is 3. The highest BCUT2D eigenvalue weighted by molar-refractivity contribution is 5.89. The first-order chi connectivity index (χ1) is 9.17. The first-order valence-electron chi connectivity index (χ1n) is 6.17. The number of carbonyl (C=O) groups excluding carboxylic acids is 1. The van der Waals surface area contributed by atoms with Crippen molar-refractivity contribution in [3.63, 3.8) is 0 Å². The standard InChI is InChI=1S/C13H18F3N3O/c1-8(7-13(14,15)16)18-12(20)19-11-5-3-10(4-6-11)9(2)17/h3-6,8-9H,7,17H2,1-2H3,(H2,18,19,20). The molecule has 0 bridgehead atoms. The van der Waals surface area contributed by atoms with Crippen molar-refractivity contribution >= 4 is 11.7 Å². The third-order valence-electron chi connectivity index (χ3n) is 2.61. The van der Waals surface area contributed by atoms with E-state index >= 15 is 0 Å². The number of anilines is 1. The number of halogens is 3. The van der Waals surface area contributed by atoms with Gasteiger partial charge in [0.25, 0.3) is 0 Å². The molecule has 2 amide bonds. The molecule has 1 aromatic carbocycles. The number of nitrogens with one attached hydrogen (secondary N) is 2. The van der Waals surface area contributed by atoms with E-state index in [2.05, 4.69) is 10.6 Å². The largest absolute Gasteiger partial charge is 0.391 e. The van der Waals surface area contributed by atoms with Crippen LogP contribution in [0.15, 0.2) is 24.3 Å². The van der Waals surface area contributed by atoms with E-state index in [1.165, 1.54) is 6.92 Å². The van der Waals surface area contributed by atoms with Crippen molar-refractivity contribution in [3.05, 3.63) is 29.8 Å². The first kappa shape index (κ1) is 16.3. The number of carbonyl (C=O) groups is 1. The van der Waals surface area contributed by atoms with Gasteiger partial charge >= 0.3 is 12.2 Å². The summed E-state index contributed by atoms with van der Waals surface area (Å²) in [6.45, 7) is 3.13. The molecular formula is C13H18F3N3O. The average Bonchev–Trinajstić information content (AvgIpc) is 2.26. The zero-order chi connectivity index (χ0) is 15.3. The van der Waals surface area contributed by atoms with Crippen LogP contribution in [0.3, 0.4) is 0 Å². The number of urea groups is 1. The highest BCUT2D eigenvalue weighted by Gasteiger charge is 2.30. The second-order valence-corrected chi connectivity index (χ2v) is 4.73. The number of nitrogens with two attached hydrogens (primary N) is 1. The summed E-state index contributed by atoms with van der Waals surface area (Å²) in [5.74, 6) is 0. The van der Waals surface area contributed by atoms with E-state index in [-0.39, 0.29) is 6.04 Å². The Morgan fingerprint density at radius 1 is 1.25 bits per heavy atom. The van der Waals surface area contributed by atoms with Crippen LogP contribution >= 0.6 is 0 Å². The Hall–Kier alpha value is -1.76. The normalized spacial score (nSPS) is 14.5. The molecule has 1 rings (SSSR count). The summed E-state index contributed by atoms with van der Waals surface area (Å²) >= 11 is 0. The summed E-state index contributed by atoms with van der Waals surface area (Å²) in [6, 6.07) is 5.01. The van der Waals surface area contributed by atoms with Gasteiger partial charge in [0.15, 0.2) is 0 Å². The van der Waals surface area contributed by atoms with Crippen LogP contribution in [0, 0.1) is 0 Å². The zero-order valence-electron chi connectivity index (χ0n) is 11.3. The Morgan fingerprint density at radius 3 is 2.25 bits per heavy atom. The van der Waals surface area contributed by atoms with Crippen LogP contribution in [0.25, 0.3) is 0 Å². The first-order valence-corrected chi connectivity index (χ1v) is 6.17. The van der Waals surface area contributed by atoms with Crippen molar-refractivity contribution in [2.45, 2.75) is 38.5 Å². The number of hydrogen-bond acceptors (Lipinski definition) is 2. The minimum Gasteiger partial charge on any atom is -0.335 e. The molecule has 0 aromatic heterocycles. The van der Waals surface area contributed by atoms with Crippen LogP contribution in [0.4, 0.5) is 23.7 Å². The van der Waals surface area contributed by atoms with Crippen molar-refractivity contribution in [3.8, 4) is 0 Å². The van der Waals surface area contributed by atoms with Crippen LogP contribution in [0.2, 0.25) is 0 Å². The fourth-order valence-electron chi connectivity index (χ4n) is 1.66. The predicted octanol–water partition coefficient (Wildman–Crippen LogP) is 3.17. The maximum absolute atomic E-state index is 12.1. The highest BCUT2D eigenvalue weighted by atomic mass is 19.4. The second-order valence-electron chi connectivity index (χ2n) is 4.73. The predicted molar refractivity (Wildman–Crippen MR) is 71.3 cm³/mol. The molecule has 0 saturated carbocycles. The molecule has 7 heteroatoms. The van der Waals surface area contributed by atoms with Gasteiger partial charge in [0.1, 0.15) is 0 Å². The van der Waals surface area contributed by atoms with E-state index in [0.29, 0.717) is 5.69 Å². The van der Waals surface area contributed by atoms with Crippen LogP contribution in [0.5, 0.6) is 0 Å². The Labute approximate surface area is 115 Å². The smallest absolute Gasteiger partial charge is 0.335 e. The van der Waals surface area contributed by atoms with E-state index in [1.54, 1.807) is 24.3 Å². The lowest BCUT2D eigenvalue weighted by molar-refractivity contribution is -0.138. The molecule has 0 heterocycles. The zero-order valence-corrected chi connectivity index (χ0v) is 11.3. The van der Waals surface area contributed by atoms with Gasteiger partial charge in [-0.3, -0.25) is 0 Å². The van der Waals surface area contributed by atoms with Gasteiger partial charge in [-0.25, -0.2) is 4.79 Å². The molecule has 20 heavy (non-hydrogen) atoms. The van der Waals surface area contributed by atoms with Gasteiger partial charge in [-0.2, -0.15) is 13.2 Å². The van der Waals surface area contributed by atoms with Gasteiger partial charge < -0.3 is 16.4 Å². The van der Waals surface area contributed by atoms with E-state index in [9.17, 15) is 18.0 Å². The molecular weight excluding hydrogens is 271 g/mol. The summed E-state index contributed by atoms with van der Waals surface area (Å²) in [6.07, 6.45) is -5.37. The summed E-state index contributed by atoms with van der Waals surface area (Å²) in [4.78, 5) is 11.5. The van der Waals surface area contributed by atoms with Gasteiger partial charge in [-0.05, 0) is 31.5 Å². The average molecular weight is 289 g/mol. The van der Waals surface area contributed by atoms with Gasteiger partial charge in [0, 0.05) is 17.8 Å². The molecule has 0 spiro atoms. The molecule has 4 nitrogen and oxygen atoms in total. The van der Waals surface area contributed by atoms with E-state index in [4.69, 9.17) is 5.73 Å². The Kier molecular flexibility index (Phi) is 5.38. The topological polar surface area (TPSA) is 67.2 Å². The summed E-state index contributed by atoms with van der Waals surface area (Å²) < 4.78 is 36.4. The molecule has 1 aromatic rings. The molecule has 2 unspecified atom stereocenters. The number of hydrogen-bond donors (Lipinski definition) is 3. The van der Waals surface area contributed by atoms with E-state index in [1.807, 2.05) is 6.92 Å². The fraction of sp³-hybridized carbons (Fsp3) is 0.462. The Morgan fingerprint density at radius 2 is 1.80 bits per heavy atom. The Balaban J connectivity index is 2.50. The quantitative estimate of drug-likeness (QED) is 0.797. The van der Waals surface area contributed by atoms with Crippen molar-refractivity contribution < 1.29 is 18.0 Å². The molecule has 0 saturated heterocycles. The minimum atomic E-state index is -4.30. The molecule has 0 fully saturated rings. The molecule has 0 aliphatic heterocycles. The monoisotopic (exact) mass is 289 g/mol. The minimum absolute atomic E-state index is 0.121. The molecule has 4 N–H and O–H groups in total. The van der Waals surface area contributed by atoms with Crippen LogP contribution < -0.4 is 16.4 Å². The van der Waals surface area contributed by atoms with Crippen LogP contribution in [-0.2, 0) is 0 Å². The lowest BCUT2D eigenvalue weighted by Gasteiger charge is -2.16. The summed E-state index contributed by atoms with van der Waals surface area (Å²) in [5.41, 5.74) is 7.08. The molecule has 112 valence electrons. The molecule has 0 aliphatic carbocycles. The van der Waals surface area contributed by atoms with Crippen molar-refractivity contribution in [1.29, 1.82) is 0 Å². The molecule has 0 radical (unpaired) electrons. The number of amides is 2. The summed E-state index contributed by atoms with van der Waals surface area (Å²) in [7, 11) is 0. The van der Waals surface area contributed by atoms with Crippen molar-refractivity contribution in [2.75, 3.05) is 5.32 Å². The fourth-order valence-corrected chi connectivity index (χ4v) is 1.66. The van der Waals surface area contributed by atoms with Crippen LogP contribution in [-0.4, -0.2) is 18.2 Å². The number of benzene rings is 1. The second kappa shape index (κ2) is 6.60. The third-order valence-corrected chi connectivity index (χ3v) is 2.61. The molecule has 0 aliphatic rings. The number of rotatable bonds is 4. The lowest BCUT2D eigenvalue weighted by Crippen LogP contribution is -2.38. The van der Waals surface area contributed by atoms with Crippen LogP contribution in [0.1, 0.15) is 31.9 Å². The maximum Gasteiger partial charge on any atom is 0.391 e. The van der Waals surface area contributed by atoms with Gasteiger partial charge in [0.05, 0.1) is 6.42 Å². The van der Waals surface area contributed by atoms with E-state index in [0.717, 1.165) is 5.56 Å². The van der Waals surface area contributed by atoms with Crippen molar-refractivity contribution in [1.82, 2.24) is 5.32 Å². The van der Waals surface area contributed by atoms with Gasteiger partial charge in [-0.15, -0.1) is 0 Å². The van der Waals surface area contributed by atoms with Gasteiger partial charge in [-0.1, -0.05) is 12.1 Å². The van der Waals surface area contributed by atoms with Crippen molar-refractivity contribution in [2.24, 2.45) is 5.73 Å². The maximum atomic E-state index is 12.1. The van der Waals surface area contributed by atoms with Gasteiger partial charge in [0.2, 0.25) is 0 Å².